The zero-order valence-electron chi connectivity index (χ0n) is 13.0. The van der Waals surface area contributed by atoms with E-state index in [1.54, 1.807) is 23.6 Å². The number of benzene rings is 1. The molecule has 25 heavy (non-hydrogen) atoms. The maximum atomic E-state index is 12.5. The number of carbonyl (C=O) groups excluding carboxylic acids is 2. The van der Waals surface area contributed by atoms with Crippen LogP contribution in [0.5, 0.6) is 0 Å². The molecule has 0 fully saturated rings. The Morgan fingerprint density at radius 2 is 2.16 bits per heavy atom. The van der Waals surface area contributed by atoms with E-state index in [1.807, 2.05) is 0 Å². The number of fused-ring (bicyclic) bond motifs is 1. The fraction of sp³-hybridized carbons (Fsp3) is 0.125. The van der Waals surface area contributed by atoms with E-state index in [-0.39, 0.29) is 17.0 Å². The molecular weight excluding hydrogens is 366 g/mol. The van der Waals surface area contributed by atoms with E-state index in [1.165, 1.54) is 24.1 Å². The first-order chi connectivity index (χ1) is 12.0. The lowest BCUT2D eigenvalue weighted by atomic mass is 10.2. The lowest BCUT2D eigenvalue weighted by molar-refractivity contribution is -0.116. The Morgan fingerprint density at radius 1 is 1.36 bits per heavy atom. The molecule has 0 atom stereocenters. The zero-order valence-corrected chi connectivity index (χ0v) is 14.6. The van der Waals surface area contributed by atoms with E-state index in [4.69, 9.17) is 11.6 Å². The van der Waals surface area contributed by atoms with Gasteiger partial charge >= 0.3 is 5.97 Å². The van der Waals surface area contributed by atoms with Crippen LogP contribution in [-0.4, -0.2) is 28.5 Å². The van der Waals surface area contributed by atoms with Crippen LogP contribution in [0.15, 0.2) is 40.8 Å². The molecule has 0 unspecified atom stereocenters. The van der Waals surface area contributed by atoms with Gasteiger partial charge in [0.1, 0.15) is 11.4 Å². The third kappa shape index (κ3) is 3.54. The molecule has 0 spiro atoms. The van der Waals surface area contributed by atoms with Gasteiger partial charge < -0.3 is 10.1 Å². The minimum absolute atomic E-state index is 0.245. The first-order valence-corrected chi connectivity index (χ1v) is 8.35. The summed E-state index contributed by atoms with van der Waals surface area (Å²) < 4.78 is 5.83. The maximum Gasteiger partial charge on any atom is 0.350 e. The molecular formula is C16H12ClN3O4S. The van der Waals surface area contributed by atoms with Crippen molar-refractivity contribution in [3.05, 3.63) is 56.2 Å². The molecule has 0 aliphatic rings. The number of hydrogen-bond donors (Lipinski definition) is 1. The number of carbonyl (C=O) groups is 2. The van der Waals surface area contributed by atoms with Gasteiger partial charge in [0.2, 0.25) is 5.91 Å². The molecule has 7 nitrogen and oxygen atoms in total. The molecule has 3 rings (SSSR count). The van der Waals surface area contributed by atoms with Gasteiger partial charge in [-0.1, -0.05) is 11.6 Å². The van der Waals surface area contributed by atoms with Crippen LogP contribution in [0.3, 0.4) is 0 Å². The highest BCUT2D eigenvalue weighted by Crippen LogP contribution is 2.23. The van der Waals surface area contributed by atoms with E-state index in [9.17, 15) is 14.4 Å². The van der Waals surface area contributed by atoms with Crippen LogP contribution in [0, 0.1) is 0 Å². The highest BCUT2D eigenvalue weighted by Gasteiger charge is 2.16. The normalized spacial score (nSPS) is 10.6. The molecule has 0 radical (unpaired) electrons. The van der Waals surface area contributed by atoms with Crippen molar-refractivity contribution in [3.8, 4) is 0 Å². The third-order valence-electron chi connectivity index (χ3n) is 3.41. The number of halogens is 1. The molecule has 0 saturated heterocycles. The second-order valence-electron chi connectivity index (χ2n) is 5.04. The summed E-state index contributed by atoms with van der Waals surface area (Å²) in [5, 5.41) is 5.00. The third-order valence-corrected chi connectivity index (χ3v) is 4.54. The molecule has 0 saturated carbocycles. The Hall–Kier alpha value is -2.71. The van der Waals surface area contributed by atoms with Gasteiger partial charge in [0.15, 0.2) is 0 Å². The number of aromatic nitrogens is 2. The summed E-state index contributed by atoms with van der Waals surface area (Å²) in [5.41, 5.74) is 0.463. The van der Waals surface area contributed by atoms with Crippen molar-refractivity contribution >= 4 is 51.4 Å². The second kappa shape index (κ2) is 7.04. The Labute approximate surface area is 150 Å². The molecule has 1 amide bonds. The molecule has 2 heterocycles. The zero-order chi connectivity index (χ0) is 18.0. The molecule has 9 heteroatoms. The average molecular weight is 378 g/mol. The Kier molecular flexibility index (Phi) is 4.82. The average Bonchev–Trinajstić information content (AvgIpc) is 3.05. The largest absolute Gasteiger partial charge is 0.465 e. The number of nitrogens with zero attached hydrogens (tertiary/aromatic N) is 2. The summed E-state index contributed by atoms with van der Waals surface area (Å²) in [6.45, 7) is -0.245. The van der Waals surface area contributed by atoms with E-state index >= 15 is 0 Å². The summed E-state index contributed by atoms with van der Waals surface area (Å²) in [7, 11) is 1.26. The number of hydrogen-bond acceptors (Lipinski definition) is 6. The second-order valence-corrected chi connectivity index (χ2v) is 6.39. The van der Waals surface area contributed by atoms with E-state index < -0.39 is 11.9 Å². The molecule has 0 bridgehead atoms. The lowest BCUT2D eigenvalue weighted by Gasteiger charge is -2.08. The number of rotatable bonds is 4. The number of ether oxygens (including phenoxy) is 1. The van der Waals surface area contributed by atoms with Gasteiger partial charge in [-0.2, -0.15) is 0 Å². The van der Waals surface area contributed by atoms with Gasteiger partial charge in [0, 0.05) is 5.02 Å². The van der Waals surface area contributed by atoms with Crippen molar-refractivity contribution in [1.29, 1.82) is 0 Å². The molecule has 0 aliphatic carbocycles. The fourth-order valence-corrected chi connectivity index (χ4v) is 3.18. The van der Waals surface area contributed by atoms with Crippen LogP contribution in [0.1, 0.15) is 9.67 Å². The van der Waals surface area contributed by atoms with Gasteiger partial charge in [-0.3, -0.25) is 14.2 Å². The number of methoxy groups -OCH3 is 1. The standard InChI is InChI=1S/C16H12ClN3O4S/c1-24-16(23)14-12(4-5-25-14)19-13(21)7-20-8-18-11-3-2-9(17)6-10(11)15(20)22/h2-6,8H,7H2,1H3,(H,19,21). The summed E-state index contributed by atoms with van der Waals surface area (Å²) in [6.07, 6.45) is 1.30. The Morgan fingerprint density at radius 3 is 2.92 bits per heavy atom. The molecule has 0 aliphatic heterocycles. The quantitative estimate of drug-likeness (QED) is 0.705. The first kappa shape index (κ1) is 17.1. The van der Waals surface area contributed by atoms with Crippen molar-refractivity contribution in [2.75, 3.05) is 12.4 Å². The minimum atomic E-state index is -0.538. The minimum Gasteiger partial charge on any atom is -0.465 e. The number of anilines is 1. The lowest BCUT2D eigenvalue weighted by Crippen LogP contribution is -2.28. The highest BCUT2D eigenvalue weighted by molar-refractivity contribution is 7.12. The van der Waals surface area contributed by atoms with Gasteiger partial charge in [-0.15, -0.1) is 11.3 Å². The Balaban J connectivity index is 1.83. The van der Waals surface area contributed by atoms with Gasteiger partial charge in [-0.05, 0) is 29.6 Å². The summed E-state index contributed by atoms with van der Waals surface area (Å²) in [4.78, 5) is 40.7. The van der Waals surface area contributed by atoms with Gasteiger partial charge in [0.05, 0.1) is 30.0 Å². The van der Waals surface area contributed by atoms with Crippen molar-refractivity contribution in [3.63, 3.8) is 0 Å². The van der Waals surface area contributed by atoms with Crippen molar-refractivity contribution in [1.82, 2.24) is 9.55 Å². The predicted octanol–water partition coefficient (Wildman–Crippen LogP) is 2.54. The molecule has 2 aromatic heterocycles. The Bertz CT molecular complexity index is 1030. The summed E-state index contributed by atoms with van der Waals surface area (Å²) in [6, 6.07) is 6.38. The summed E-state index contributed by atoms with van der Waals surface area (Å²) in [5.74, 6) is -1.00. The number of amides is 1. The van der Waals surface area contributed by atoms with Crippen LogP contribution < -0.4 is 10.9 Å². The van der Waals surface area contributed by atoms with Crippen LogP contribution in [0.2, 0.25) is 5.02 Å². The predicted molar refractivity (Wildman–Crippen MR) is 95.3 cm³/mol. The molecule has 1 aromatic carbocycles. The van der Waals surface area contributed by atoms with E-state index in [2.05, 4.69) is 15.0 Å². The summed E-state index contributed by atoms with van der Waals surface area (Å²) >= 11 is 7.06. The van der Waals surface area contributed by atoms with Crippen LogP contribution in [0.4, 0.5) is 5.69 Å². The van der Waals surface area contributed by atoms with Crippen molar-refractivity contribution < 1.29 is 14.3 Å². The van der Waals surface area contributed by atoms with E-state index in [0.717, 1.165) is 11.3 Å². The van der Waals surface area contributed by atoms with Gasteiger partial charge in [-0.25, -0.2) is 9.78 Å². The molecule has 1 N–H and O–H groups in total. The highest BCUT2D eigenvalue weighted by atomic mass is 35.5. The SMILES string of the molecule is COC(=O)c1sccc1NC(=O)Cn1cnc2ccc(Cl)cc2c1=O. The van der Waals surface area contributed by atoms with Crippen LogP contribution >= 0.6 is 22.9 Å². The topological polar surface area (TPSA) is 90.3 Å². The van der Waals surface area contributed by atoms with Gasteiger partial charge in [0.25, 0.3) is 5.56 Å². The number of esters is 1. The van der Waals surface area contributed by atoms with Crippen molar-refractivity contribution in [2.24, 2.45) is 0 Å². The monoisotopic (exact) mass is 377 g/mol. The fourth-order valence-electron chi connectivity index (χ4n) is 2.25. The number of nitrogens with one attached hydrogen (secondary N) is 1. The smallest absolute Gasteiger partial charge is 0.350 e. The van der Waals surface area contributed by atoms with E-state index in [0.29, 0.717) is 21.6 Å². The maximum absolute atomic E-state index is 12.5. The van der Waals surface area contributed by atoms with Crippen LogP contribution in [0.25, 0.3) is 10.9 Å². The number of thiophene rings is 1. The van der Waals surface area contributed by atoms with Crippen LogP contribution in [-0.2, 0) is 16.1 Å². The first-order valence-electron chi connectivity index (χ1n) is 7.10. The molecule has 3 aromatic rings. The van der Waals surface area contributed by atoms with Crippen molar-refractivity contribution in [2.45, 2.75) is 6.54 Å². The molecule has 128 valence electrons.